The first-order chi connectivity index (χ1) is 17.5. The van der Waals surface area contributed by atoms with Crippen LogP contribution in [-0.4, -0.2) is 82.5 Å². The van der Waals surface area contributed by atoms with E-state index in [4.69, 9.17) is 0 Å². The van der Waals surface area contributed by atoms with Crippen LogP contribution in [0.3, 0.4) is 0 Å². The molecule has 3 aliphatic rings. The first-order valence-corrected chi connectivity index (χ1v) is 13.1. The molecule has 1 saturated heterocycles. The van der Waals surface area contributed by atoms with Gasteiger partial charge in [-0.2, -0.15) is 10.2 Å². The molecule has 0 spiro atoms. The lowest BCUT2D eigenvalue weighted by Crippen LogP contribution is -2.61. The summed E-state index contributed by atoms with van der Waals surface area (Å²) in [7, 11) is 1.97. The molecule has 2 amide bonds. The molecule has 2 aliphatic carbocycles. The largest absolute Gasteiger partial charge is 0.340 e. The van der Waals surface area contributed by atoms with Gasteiger partial charge < -0.3 is 14.7 Å². The number of benzene rings is 1. The molecule has 5 rings (SSSR count). The van der Waals surface area contributed by atoms with Gasteiger partial charge in [0.1, 0.15) is 17.7 Å². The Balaban J connectivity index is 1.51. The predicted octanol–water partition coefficient (Wildman–Crippen LogP) is 3.59. The van der Waals surface area contributed by atoms with Gasteiger partial charge in [0.15, 0.2) is 0 Å². The average Bonchev–Trinajstić information content (AvgIpc) is 3.21. The zero-order chi connectivity index (χ0) is 26.7. The predicted molar refractivity (Wildman–Crippen MR) is 136 cm³/mol. The van der Waals surface area contributed by atoms with E-state index in [-0.39, 0.29) is 34.4 Å². The molecular weight excluding hydrogens is 476 g/mol. The minimum absolute atomic E-state index is 0.0515. The average molecular weight is 512 g/mol. The number of carbonyl (C=O) groups excluding carboxylic acids is 2. The summed E-state index contributed by atoms with van der Waals surface area (Å²) in [5, 5.41) is 8.88. The van der Waals surface area contributed by atoms with Crippen molar-refractivity contribution in [3.8, 4) is 11.3 Å². The minimum atomic E-state index is -0.665. The quantitative estimate of drug-likeness (QED) is 0.614. The summed E-state index contributed by atoms with van der Waals surface area (Å²) in [5.74, 6) is -1.32. The molecule has 1 saturated carbocycles. The van der Waals surface area contributed by atoms with Crippen LogP contribution < -0.4 is 0 Å². The molecule has 0 radical (unpaired) electrons. The molecule has 198 valence electrons. The van der Waals surface area contributed by atoms with E-state index in [0.717, 1.165) is 30.6 Å². The molecular formula is C28H35F2N5O2. The van der Waals surface area contributed by atoms with E-state index >= 15 is 0 Å². The van der Waals surface area contributed by atoms with Crippen molar-refractivity contribution >= 4 is 11.8 Å². The number of hydrogen-bond acceptors (Lipinski definition) is 5. The van der Waals surface area contributed by atoms with Gasteiger partial charge in [0.05, 0.1) is 17.0 Å². The van der Waals surface area contributed by atoms with Crippen LogP contribution in [-0.2, 0) is 15.0 Å². The van der Waals surface area contributed by atoms with Gasteiger partial charge in [-0.3, -0.25) is 9.59 Å². The Labute approximate surface area is 216 Å². The van der Waals surface area contributed by atoms with Gasteiger partial charge in [-0.1, -0.05) is 19.9 Å². The highest BCUT2D eigenvalue weighted by molar-refractivity contribution is 5.87. The minimum Gasteiger partial charge on any atom is -0.340 e. The lowest BCUT2D eigenvalue weighted by molar-refractivity contribution is -0.148. The Bertz CT molecular complexity index is 1230. The molecule has 9 heteroatoms. The van der Waals surface area contributed by atoms with Crippen molar-refractivity contribution in [1.29, 1.82) is 0 Å². The number of aromatic nitrogens is 2. The second-order valence-corrected chi connectivity index (χ2v) is 11.4. The monoisotopic (exact) mass is 511 g/mol. The SMILES string of the molecule is CCN(C[C@@]12CC[C@@H](c3cc(-c4c(F)cccc4F)nnc31)C2(C)C)C(=O)C1CN(C)CCN1C(C)=O. The van der Waals surface area contributed by atoms with Gasteiger partial charge in [-0.15, -0.1) is 0 Å². The molecule has 3 atom stereocenters. The highest BCUT2D eigenvalue weighted by atomic mass is 19.1. The number of fused-ring (bicyclic) bond motifs is 5. The van der Waals surface area contributed by atoms with E-state index in [1.54, 1.807) is 11.0 Å². The van der Waals surface area contributed by atoms with Crippen LogP contribution >= 0.6 is 0 Å². The highest BCUT2D eigenvalue weighted by Gasteiger charge is 2.64. The molecule has 1 aromatic heterocycles. The number of halogens is 2. The van der Waals surface area contributed by atoms with Crippen LogP contribution in [0.2, 0.25) is 0 Å². The lowest BCUT2D eigenvalue weighted by atomic mass is 9.68. The van der Waals surface area contributed by atoms with Crippen LogP contribution in [0.1, 0.15) is 57.7 Å². The van der Waals surface area contributed by atoms with Gasteiger partial charge in [0.25, 0.3) is 0 Å². The number of rotatable bonds is 5. The molecule has 37 heavy (non-hydrogen) atoms. The molecule has 2 fully saturated rings. The van der Waals surface area contributed by atoms with Gasteiger partial charge in [-0.05, 0) is 61.9 Å². The van der Waals surface area contributed by atoms with E-state index in [1.165, 1.54) is 25.1 Å². The van der Waals surface area contributed by atoms with Crippen LogP contribution in [0.15, 0.2) is 24.3 Å². The maximum atomic E-state index is 14.5. The number of nitrogens with zero attached hydrogens (tertiary/aromatic N) is 5. The Morgan fingerprint density at radius 2 is 1.86 bits per heavy atom. The van der Waals surface area contributed by atoms with Gasteiger partial charge in [-0.25, -0.2) is 8.78 Å². The Hall–Kier alpha value is -2.94. The number of hydrogen-bond donors (Lipinski definition) is 0. The molecule has 1 aliphatic heterocycles. The van der Waals surface area contributed by atoms with Crippen molar-refractivity contribution in [1.82, 2.24) is 24.9 Å². The van der Waals surface area contributed by atoms with Gasteiger partial charge in [0.2, 0.25) is 11.8 Å². The first-order valence-electron chi connectivity index (χ1n) is 13.1. The van der Waals surface area contributed by atoms with E-state index in [1.807, 2.05) is 18.9 Å². The summed E-state index contributed by atoms with van der Waals surface area (Å²) in [6.07, 6.45) is 1.76. The zero-order valence-corrected chi connectivity index (χ0v) is 22.2. The fourth-order valence-electron chi connectivity index (χ4n) is 7.03. The Kier molecular flexibility index (Phi) is 6.33. The first kappa shape index (κ1) is 25.7. The van der Waals surface area contributed by atoms with Crippen molar-refractivity contribution in [2.24, 2.45) is 5.41 Å². The van der Waals surface area contributed by atoms with E-state index in [2.05, 4.69) is 28.9 Å². The maximum Gasteiger partial charge on any atom is 0.246 e. The molecule has 2 aromatic rings. The van der Waals surface area contributed by atoms with Gasteiger partial charge >= 0.3 is 0 Å². The van der Waals surface area contributed by atoms with Crippen molar-refractivity contribution < 1.29 is 18.4 Å². The third-order valence-electron chi connectivity index (χ3n) is 9.26. The third-order valence-corrected chi connectivity index (χ3v) is 9.26. The Morgan fingerprint density at radius 3 is 2.51 bits per heavy atom. The van der Waals surface area contributed by atoms with Crippen LogP contribution in [0.5, 0.6) is 0 Å². The summed E-state index contributed by atoms with van der Waals surface area (Å²) < 4.78 is 29.0. The molecule has 2 bridgehead atoms. The van der Waals surface area contributed by atoms with E-state index in [0.29, 0.717) is 26.2 Å². The summed E-state index contributed by atoms with van der Waals surface area (Å²) in [4.78, 5) is 31.8. The standard InChI is InChI=1S/C28H35F2N5O2/c1-6-34(26(37)23-15-33(5)12-13-35(23)17(2)36)16-28-11-10-19(27(28,3)4)18-14-22(31-32-25(18)28)24-20(29)8-7-9-21(24)30/h7-9,14,19,23H,6,10-13,15-16H2,1-5H3/t19-,23?,28-/m0/s1. The second-order valence-electron chi connectivity index (χ2n) is 11.4. The van der Waals surface area contributed by atoms with Crippen molar-refractivity contribution in [3.05, 3.63) is 47.2 Å². The zero-order valence-electron chi connectivity index (χ0n) is 22.2. The van der Waals surface area contributed by atoms with Crippen LogP contribution in [0.25, 0.3) is 11.3 Å². The summed E-state index contributed by atoms with van der Waals surface area (Å²) in [6.45, 7) is 10.6. The van der Waals surface area contributed by atoms with Crippen molar-refractivity contribution in [3.63, 3.8) is 0 Å². The van der Waals surface area contributed by atoms with Gasteiger partial charge in [0, 0.05) is 45.1 Å². The molecule has 1 aromatic carbocycles. The van der Waals surface area contributed by atoms with Crippen LogP contribution in [0, 0.1) is 17.0 Å². The Morgan fingerprint density at radius 1 is 1.16 bits per heavy atom. The maximum absolute atomic E-state index is 14.5. The number of amides is 2. The number of piperazine rings is 1. The highest BCUT2D eigenvalue weighted by Crippen LogP contribution is 2.67. The summed E-state index contributed by atoms with van der Waals surface area (Å²) in [5.41, 5.74) is 1.16. The van der Waals surface area contributed by atoms with Crippen molar-refractivity contribution in [2.45, 2.75) is 57.9 Å². The smallest absolute Gasteiger partial charge is 0.246 e. The lowest BCUT2D eigenvalue weighted by Gasteiger charge is -2.44. The van der Waals surface area contributed by atoms with E-state index in [9.17, 15) is 18.4 Å². The molecule has 1 unspecified atom stereocenters. The third kappa shape index (κ3) is 3.85. The fourth-order valence-corrected chi connectivity index (χ4v) is 7.03. The van der Waals surface area contributed by atoms with E-state index < -0.39 is 23.1 Å². The second kappa shape index (κ2) is 9.11. The normalized spacial score (nSPS) is 26.3. The molecule has 7 nitrogen and oxygen atoms in total. The van der Waals surface area contributed by atoms with Crippen LogP contribution in [0.4, 0.5) is 8.78 Å². The van der Waals surface area contributed by atoms with Crippen molar-refractivity contribution in [2.75, 3.05) is 39.8 Å². The number of carbonyl (C=O) groups is 2. The summed E-state index contributed by atoms with van der Waals surface area (Å²) in [6, 6.07) is 5.06. The summed E-state index contributed by atoms with van der Waals surface area (Å²) >= 11 is 0. The molecule has 0 N–H and O–H groups in total. The molecule has 2 heterocycles. The fraction of sp³-hybridized carbons (Fsp3) is 0.571. The topological polar surface area (TPSA) is 69.6 Å². The number of likely N-dealkylation sites (N-methyl/N-ethyl adjacent to an activating group) is 2.